The molecule has 0 aromatic heterocycles. The number of nitrogens with one attached hydrogen (secondary N) is 2. The number of anilines is 1. The Bertz CT molecular complexity index is 969. The number of hydrogen-bond acceptors (Lipinski definition) is 4. The molecule has 3 rings (SSSR count). The third kappa shape index (κ3) is 6.76. The summed E-state index contributed by atoms with van der Waals surface area (Å²) >= 11 is 0. The largest absolute Gasteiger partial charge is 0.491 e. The number of aryl methyl sites for hydroxylation is 1. The monoisotopic (exact) mass is 429 g/mol. The average Bonchev–Trinajstić information content (AvgIpc) is 3.05. The number of ether oxygens (including phenoxy) is 1. The fourth-order valence-corrected chi connectivity index (χ4v) is 5.25. The van der Waals surface area contributed by atoms with E-state index < -0.39 is 9.84 Å². The molecular formula is C23H31N3O3S. The van der Waals surface area contributed by atoms with Gasteiger partial charge in [0.15, 0.2) is 15.8 Å². The van der Waals surface area contributed by atoms with Gasteiger partial charge in [-0.15, -0.1) is 0 Å². The van der Waals surface area contributed by atoms with Crippen molar-refractivity contribution in [1.29, 1.82) is 0 Å². The molecule has 6 nitrogen and oxygen atoms in total. The van der Waals surface area contributed by atoms with E-state index in [4.69, 9.17) is 9.73 Å². The van der Waals surface area contributed by atoms with Crippen molar-refractivity contribution < 1.29 is 13.2 Å². The van der Waals surface area contributed by atoms with Crippen LogP contribution in [0.25, 0.3) is 0 Å². The summed E-state index contributed by atoms with van der Waals surface area (Å²) in [6.07, 6.45) is 0.821. The van der Waals surface area contributed by atoms with E-state index in [9.17, 15) is 8.42 Å². The van der Waals surface area contributed by atoms with Gasteiger partial charge >= 0.3 is 0 Å². The van der Waals surface area contributed by atoms with Gasteiger partial charge in [0.1, 0.15) is 5.75 Å². The predicted octanol–water partition coefficient (Wildman–Crippen LogP) is 3.77. The van der Waals surface area contributed by atoms with Crippen molar-refractivity contribution in [2.75, 3.05) is 23.4 Å². The Morgan fingerprint density at radius 1 is 1.17 bits per heavy atom. The summed E-state index contributed by atoms with van der Waals surface area (Å²) in [6, 6.07) is 15.9. The molecule has 0 aliphatic carbocycles. The van der Waals surface area contributed by atoms with Crippen molar-refractivity contribution in [1.82, 2.24) is 5.32 Å². The third-order valence-electron chi connectivity index (χ3n) is 5.04. The molecule has 0 amide bonds. The maximum absolute atomic E-state index is 11.7. The second kappa shape index (κ2) is 9.98. The van der Waals surface area contributed by atoms with E-state index in [0.29, 0.717) is 25.5 Å². The van der Waals surface area contributed by atoms with Crippen molar-refractivity contribution in [2.24, 2.45) is 10.9 Å². The van der Waals surface area contributed by atoms with Gasteiger partial charge in [-0.05, 0) is 68.5 Å². The summed E-state index contributed by atoms with van der Waals surface area (Å²) in [4.78, 5) is 4.73. The number of sulfone groups is 1. The van der Waals surface area contributed by atoms with Gasteiger partial charge in [0.2, 0.25) is 0 Å². The second-order valence-electron chi connectivity index (χ2n) is 8.06. The number of benzene rings is 2. The summed E-state index contributed by atoms with van der Waals surface area (Å²) in [5.74, 6) is 2.09. The second-order valence-corrected chi connectivity index (χ2v) is 10.3. The molecule has 2 aromatic carbocycles. The molecule has 1 unspecified atom stereocenters. The highest BCUT2D eigenvalue weighted by Crippen LogP contribution is 2.19. The summed E-state index contributed by atoms with van der Waals surface area (Å²) in [5, 5.41) is 6.66. The van der Waals surface area contributed by atoms with Gasteiger partial charge < -0.3 is 15.4 Å². The molecule has 2 N–H and O–H groups in total. The van der Waals surface area contributed by atoms with Gasteiger partial charge in [0.05, 0.1) is 24.2 Å². The highest BCUT2D eigenvalue weighted by atomic mass is 32.2. The van der Waals surface area contributed by atoms with E-state index in [-0.39, 0.29) is 23.5 Å². The smallest absolute Gasteiger partial charge is 0.196 e. The van der Waals surface area contributed by atoms with E-state index >= 15 is 0 Å². The van der Waals surface area contributed by atoms with E-state index in [1.54, 1.807) is 0 Å². The van der Waals surface area contributed by atoms with Crippen molar-refractivity contribution >= 4 is 21.5 Å². The number of aliphatic imine (C=N–C) groups is 1. The van der Waals surface area contributed by atoms with Crippen molar-refractivity contribution in [3.63, 3.8) is 0 Å². The Labute approximate surface area is 179 Å². The Kier molecular flexibility index (Phi) is 7.37. The van der Waals surface area contributed by atoms with Gasteiger partial charge in [-0.3, -0.25) is 0 Å². The molecule has 7 heteroatoms. The number of hydrogen-bond donors (Lipinski definition) is 2. The Hall–Kier alpha value is -2.54. The SMILES string of the molecule is Cc1ccccc1CN=C(NCC1CCS(=O)(=O)C1)Nc1ccc(OC(C)C)cc1. The molecule has 2 aromatic rings. The molecule has 30 heavy (non-hydrogen) atoms. The van der Waals surface area contributed by atoms with E-state index in [1.807, 2.05) is 50.2 Å². The van der Waals surface area contributed by atoms with Crippen LogP contribution < -0.4 is 15.4 Å². The summed E-state index contributed by atoms with van der Waals surface area (Å²) in [5.41, 5.74) is 3.24. The minimum Gasteiger partial charge on any atom is -0.491 e. The van der Waals surface area contributed by atoms with E-state index in [1.165, 1.54) is 5.56 Å². The van der Waals surface area contributed by atoms with Crippen molar-refractivity contribution in [3.8, 4) is 5.75 Å². The van der Waals surface area contributed by atoms with Crippen LogP contribution in [0.15, 0.2) is 53.5 Å². The first kappa shape index (κ1) is 22.2. The first-order valence-corrected chi connectivity index (χ1v) is 12.2. The predicted molar refractivity (Wildman–Crippen MR) is 123 cm³/mol. The molecule has 0 spiro atoms. The first-order chi connectivity index (χ1) is 14.3. The highest BCUT2D eigenvalue weighted by molar-refractivity contribution is 7.91. The van der Waals surface area contributed by atoms with Crippen LogP contribution in [0, 0.1) is 12.8 Å². The lowest BCUT2D eigenvalue weighted by Gasteiger charge is -2.16. The highest BCUT2D eigenvalue weighted by Gasteiger charge is 2.27. The van der Waals surface area contributed by atoms with Gasteiger partial charge in [0, 0.05) is 12.2 Å². The van der Waals surface area contributed by atoms with Crippen LogP contribution >= 0.6 is 0 Å². The van der Waals surface area contributed by atoms with Crippen LogP contribution in [-0.4, -0.2) is 38.5 Å². The van der Waals surface area contributed by atoms with Crippen LogP contribution in [0.5, 0.6) is 5.75 Å². The maximum Gasteiger partial charge on any atom is 0.196 e. The molecule has 1 heterocycles. The minimum atomic E-state index is -2.89. The lowest BCUT2D eigenvalue weighted by atomic mass is 10.1. The number of rotatable bonds is 7. The third-order valence-corrected chi connectivity index (χ3v) is 6.88. The zero-order valence-corrected chi connectivity index (χ0v) is 18.7. The van der Waals surface area contributed by atoms with Crippen molar-refractivity contribution in [3.05, 3.63) is 59.7 Å². The van der Waals surface area contributed by atoms with Gasteiger partial charge in [-0.25, -0.2) is 13.4 Å². The molecule has 0 radical (unpaired) electrons. The van der Waals surface area contributed by atoms with Gasteiger partial charge in [-0.2, -0.15) is 0 Å². The maximum atomic E-state index is 11.7. The molecule has 0 saturated carbocycles. The van der Waals surface area contributed by atoms with Gasteiger partial charge in [-0.1, -0.05) is 24.3 Å². The zero-order valence-electron chi connectivity index (χ0n) is 17.9. The Balaban J connectivity index is 1.69. The van der Waals surface area contributed by atoms with Crippen LogP contribution in [0.4, 0.5) is 5.69 Å². The Morgan fingerprint density at radius 2 is 1.90 bits per heavy atom. The van der Waals surface area contributed by atoms with E-state index in [2.05, 4.69) is 29.7 Å². The Morgan fingerprint density at radius 3 is 2.53 bits per heavy atom. The summed E-state index contributed by atoms with van der Waals surface area (Å²) < 4.78 is 29.2. The summed E-state index contributed by atoms with van der Waals surface area (Å²) in [6.45, 7) is 7.18. The molecular weight excluding hydrogens is 398 g/mol. The number of guanidine groups is 1. The van der Waals surface area contributed by atoms with Crippen LogP contribution in [-0.2, 0) is 16.4 Å². The standard InChI is InChI=1S/C23H31N3O3S/c1-17(2)29-22-10-8-21(9-11-22)26-23(24-14-19-12-13-30(27,28)16-19)25-15-20-7-5-4-6-18(20)3/h4-11,17,19H,12-16H2,1-3H3,(H2,24,25,26). The molecule has 0 bridgehead atoms. The lowest BCUT2D eigenvalue weighted by molar-refractivity contribution is 0.242. The first-order valence-electron chi connectivity index (χ1n) is 10.4. The molecule has 1 aliphatic rings. The van der Waals surface area contributed by atoms with Crippen molar-refractivity contribution in [2.45, 2.75) is 39.8 Å². The van der Waals surface area contributed by atoms with Crippen LogP contribution in [0.2, 0.25) is 0 Å². The average molecular weight is 430 g/mol. The summed E-state index contributed by atoms with van der Waals surface area (Å²) in [7, 11) is -2.89. The van der Waals surface area contributed by atoms with Crippen LogP contribution in [0.1, 0.15) is 31.4 Å². The minimum absolute atomic E-state index is 0.113. The number of nitrogens with zero attached hydrogens (tertiary/aromatic N) is 1. The molecule has 1 fully saturated rings. The zero-order chi connectivity index (χ0) is 21.6. The topological polar surface area (TPSA) is 79.8 Å². The fraction of sp³-hybridized carbons (Fsp3) is 0.435. The van der Waals surface area contributed by atoms with Crippen LogP contribution in [0.3, 0.4) is 0 Å². The lowest BCUT2D eigenvalue weighted by Crippen LogP contribution is -2.35. The van der Waals surface area contributed by atoms with Gasteiger partial charge in [0.25, 0.3) is 0 Å². The quantitative estimate of drug-likeness (QED) is 0.517. The molecule has 162 valence electrons. The molecule has 1 atom stereocenters. The fourth-order valence-electron chi connectivity index (χ4n) is 3.39. The molecule has 1 saturated heterocycles. The molecule has 1 aliphatic heterocycles. The normalized spacial score (nSPS) is 18.4. The van der Waals surface area contributed by atoms with E-state index in [0.717, 1.165) is 17.0 Å².